The summed E-state index contributed by atoms with van der Waals surface area (Å²) < 4.78 is 5.26. The average Bonchev–Trinajstić information content (AvgIpc) is 2.87. The van der Waals surface area contributed by atoms with Crippen molar-refractivity contribution in [2.75, 3.05) is 12.8 Å². The fourth-order valence-electron chi connectivity index (χ4n) is 2.24. The third-order valence-corrected chi connectivity index (χ3v) is 4.56. The van der Waals surface area contributed by atoms with Gasteiger partial charge in [0.25, 0.3) is 5.91 Å². The number of carbonyl (C=O) groups excluding carboxylic acids is 1. The minimum absolute atomic E-state index is 0.372. The second kappa shape index (κ2) is 5.65. The summed E-state index contributed by atoms with van der Waals surface area (Å²) in [5.41, 5.74) is 13.3. The minimum atomic E-state index is -0.507. The number of anilines is 1. The molecule has 6 heteroatoms. The Morgan fingerprint density at radius 1 is 1.23 bits per heavy atom. The van der Waals surface area contributed by atoms with Gasteiger partial charge in [-0.2, -0.15) is 0 Å². The largest absolute Gasteiger partial charge is 0.497 e. The molecule has 0 radical (unpaired) electrons. The molecule has 0 atom stereocenters. The molecule has 1 heterocycles. The highest BCUT2D eigenvalue weighted by Gasteiger charge is 2.18. The topological polar surface area (TPSA) is 94.1 Å². The molecule has 5 N–H and O–H groups in total. The summed E-state index contributed by atoms with van der Waals surface area (Å²) >= 11 is 1.41. The number of aromatic nitrogens is 1. The van der Waals surface area contributed by atoms with Crippen LogP contribution in [0.15, 0.2) is 52.3 Å². The van der Waals surface area contributed by atoms with Crippen LogP contribution in [0.4, 0.5) is 5.69 Å². The van der Waals surface area contributed by atoms with Crippen molar-refractivity contribution in [1.29, 1.82) is 0 Å². The monoisotopic (exact) mass is 313 g/mol. The zero-order valence-electron chi connectivity index (χ0n) is 11.9. The summed E-state index contributed by atoms with van der Waals surface area (Å²) in [6.45, 7) is 0. The molecule has 0 aliphatic heterocycles. The van der Waals surface area contributed by atoms with Gasteiger partial charge in [0.2, 0.25) is 0 Å². The number of fused-ring (bicyclic) bond motifs is 1. The van der Waals surface area contributed by atoms with Crippen molar-refractivity contribution in [3.8, 4) is 5.75 Å². The van der Waals surface area contributed by atoms with E-state index in [1.54, 1.807) is 7.11 Å². The van der Waals surface area contributed by atoms with Crippen LogP contribution in [0.1, 0.15) is 10.5 Å². The number of nitrogen functional groups attached to an aromatic ring is 1. The summed E-state index contributed by atoms with van der Waals surface area (Å²) in [6, 6.07) is 13.1. The molecule has 0 unspecified atom stereocenters. The Labute approximate surface area is 131 Å². The summed E-state index contributed by atoms with van der Waals surface area (Å²) in [6.07, 6.45) is 0. The van der Waals surface area contributed by atoms with Crippen LogP contribution in [0.3, 0.4) is 0 Å². The third-order valence-electron chi connectivity index (χ3n) is 3.34. The number of benzene rings is 2. The number of H-pyrrole nitrogens is 1. The normalized spacial score (nSPS) is 10.8. The summed E-state index contributed by atoms with van der Waals surface area (Å²) in [4.78, 5) is 16.4. The molecule has 0 bridgehead atoms. The molecule has 112 valence electrons. The Morgan fingerprint density at radius 2 is 2.00 bits per heavy atom. The SMILES string of the molecule is COc1ccc2[nH]c(C(N)=O)c(Sc3ccccc3N)c2c1. The van der Waals surface area contributed by atoms with Crippen molar-refractivity contribution < 1.29 is 9.53 Å². The molecule has 0 saturated carbocycles. The number of para-hydroxylation sites is 1. The molecule has 22 heavy (non-hydrogen) atoms. The van der Waals surface area contributed by atoms with Crippen LogP contribution in [-0.4, -0.2) is 18.0 Å². The Hall–Kier alpha value is -2.60. The van der Waals surface area contributed by atoms with Gasteiger partial charge in [0.15, 0.2) is 0 Å². The molecule has 3 rings (SSSR count). The maximum atomic E-state index is 11.7. The Morgan fingerprint density at radius 3 is 2.68 bits per heavy atom. The second-order valence-electron chi connectivity index (χ2n) is 4.74. The predicted octanol–water partition coefficient (Wildman–Crippen LogP) is 3.01. The first kappa shape index (κ1) is 14.3. The Balaban J connectivity index is 2.19. The number of aromatic amines is 1. The Kier molecular flexibility index (Phi) is 3.68. The van der Waals surface area contributed by atoms with Gasteiger partial charge >= 0.3 is 0 Å². The lowest BCUT2D eigenvalue weighted by Gasteiger charge is -2.06. The molecule has 0 fully saturated rings. The number of methoxy groups -OCH3 is 1. The van der Waals surface area contributed by atoms with E-state index < -0.39 is 5.91 Å². The van der Waals surface area contributed by atoms with E-state index in [2.05, 4.69) is 4.98 Å². The molecule has 0 saturated heterocycles. The minimum Gasteiger partial charge on any atom is -0.497 e. The zero-order valence-corrected chi connectivity index (χ0v) is 12.7. The van der Waals surface area contributed by atoms with Crippen LogP contribution < -0.4 is 16.2 Å². The summed E-state index contributed by atoms with van der Waals surface area (Å²) in [5.74, 6) is 0.206. The quantitative estimate of drug-likeness (QED) is 0.645. The van der Waals surface area contributed by atoms with Gasteiger partial charge < -0.3 is 21.2 Å². The molecule has 5 nitrogen and oxygen atoms in total. The van der Waals surface area contributed by atoms with Gasteiger partial charge in [-0.15, -0.1) is 0 Å². The number of amides is 1. The first-order valence-electron chi connectivity index (χ1n) is 6.62. The van der Waals surface area contributed by atoms with Crippen molar-refractivity contribution in [3.05, 3.63) is 48.2 Å². The van der Waals surface area contributed by atoms with Crippen LogP contribution in [0.2, 0.25) is 0 Å². The maximum absolute atomic E-state index is 11.7. The van der Waals surface area contributed by atoms with Gasteiger partial charge in [0, 0.05) is 21.5 Å². The van der Waals surface area contributed by atoms with Crippen LogP contribution >= 0.6 is 11.8 Å². The summed E-state index contributed by atoms with van der Waals surface area (Å²) in [5, 5.41) is 0.876. The van der Waals surface area contributed by atoms with E-state index in [4.69, 9.17) is 16.2 Å². The smallest absolute Gasteiger partial charge is 0.266 e. The first-order valence-corrected chi connectivity index (χ1v) is 7.43. The van der Waals surface area contributed by atoms with Crippen molar-refractivity contribution in [2.45, 2.75) is 9.79 Å². The van der Waals surface area contributed by atoms with Crippen LogP contribution in [-0.2, 0) is 0 Å². The second-order valence-corrected chi connectivity index (χ2v) is 5.80. The van der Waals surface area contributed by atoms with E-state index in [0.717, 1.165) is 20.7 Å². The van der Waals surface area contributed by atoms with E-state index >= 15 is 0 Å². The van der Waals surface area contributed by atoms with Crippen molar-refractivity contribution in [2.24, 2.45) is 5.73 Å². The number of carbonyl (C=O) groups is 1. The van der Waals surface area contributed by atoms with Gasteiger partial charge in [-0.05, 0) is 30.3 Å². The number of hydrogen-bond acceptors (Lipinski definition) is 4. The van der Waals surface area contributed by atoms with Gasteiger partial charge in [-0.25, -0.2) is 0 Å². The number of ether oxygens (including phenoxy) is 1. The van der Waals surface area contributed by atoms with E-state index in [0.29, 0.717) is 17.1 Å². The molecular weight excluding hydrogens is 298 g/mol. The molecular formula is C16H15N3O2S. The highest BCUT2D eigenvalue weighted by Crippen LogP contribution is 2.39. The first-order chi connectivity index (χ1) is 10.6. The molecule has 0 aliphatic carbocycles. The van der Waals surface area contributed by atoms with E-state index in [9.17, 15) is 4.79 Å². The lowest BCUT2D eigenvalue weighted by molar-refractivity contribution is 0.0993. The number of primary amides is 1. The van der Waals surface area contributed by atoms with Crippen molar-refractivity contribution in [3.63, 3.8) is 0 Å². The molecule has 3 aromatic rings. The van der Waals surface area contributed by atoms with E-state index in [1.165, 1.54) is 11.8 Å². The average molecular weight is 313 g/mol. The van der Waals surface area contributed by atoms with Gasteiger partial charge in [0.05, 0.1) is 12.0 Å². The fourth-order valence-corrected chi connectivity index (χ4v) is 3.32. The standard InChI is InChI=1S/C16H15N3O2S/c1-21-9-6-7-12-10(8-9)15(14(19-12)16(18)20)22-13-5-3-2-4-11(13)17/h2-8,19H,17H2,1H3,(H2,18,20). The van der Waals surface area contributed by atoms with Crippen molar-refractivity contribution >= 4 is 34.3 Å². The van der Waals surface area contributed by atoms with E-state index in [-0.39, 0.29) is 0 Å². The third kappa shape index (κ3) is 2.48. The number of rotatable bonds is 4. The molecule has 1 aromatic heterocycles. The Bertz CT molecular complexity index is 858. The number of nitrogens with two attached hydrogens (primary N) is 2. The van der Waals surface area contributed by atoms with Crippen molar-refractivity contribution in [1.82, 2.24) is 4.98 Å². The lowest BCUT2D eigenvalue weighted by Crippen LogP contribution is -2.12. The summed E-state index contributed by atoms with van der Waals surface area (Å²) in [7, 11) is 1.60. The zero-order chi connectivity index (χ0) is 15.7. The predicted molar refractivity (Wildman–Crippen MR) is 88.3 cm³/mol. The van der Waals surface area contributed by atoms with Gasteiger partial charge in [0.1, 0.15) is 11.4 Å². The van der Waals surface area contributed by atoms with E-state index in [1.807, 2.05) is 42.5 Å². The van der Waals surface area contributed by atoms with Gasteiger partial charge in [-0.3, -0.25) is 4.79 Å². The molecule has 2 aromatic carbocycles. The highest BCUT2D eigenvalue weighted by molar-refractivity contribution is 7.99. The number of hydrogen-bond donors (Lipinski definition) is 3. The van der Waals surface area contributed by atoms with Gasteiger partial charge in [-0.1, -0.05) is 23.9 Å². The number of nitrogens with one attached hydrogen (secondary N) is 1. The van der Waals surface area contributed by atoms with Crippen LogP contribution in [0, 0.1) is 0 Å². The molecule has 1 amide bonds. The van der Waals surface area contributed by atoms with Crippen LogP contribution in [0.25, 0.3) is 10.9 Å². The molecule has 0 aliphatic rings. The fraction of sp³-hybridized carbons (Fsp3) is 0.0625. The highest BCUT2D eigenvalue weighted by atomic mass is 32.2. The molecule has 0 spiro atoms. The van der Waals surface area contributed by atoms with Crippen LogP contribution in [0.5, 0.6) is 5.75 Å². The maximum Gasteiger partial charge on any atom is 0.266 e. The lowest BCUT2D eigenvalue weighted by atomic mass is 10.2.